The Bertz CT molecular complexity index is 3320. The third kappa shape index (κ3) is 5.24. The molecule has 5 heteroatoms. The summed E-state index contributed by atoms with van der Waals surface area (Å²) in [5, 5.41) is 14.9. The van der Waals surface area contributed by atoms with Crippen molar-refractivity contribution in [1.82, 2.24) is 15.2 Å². The standard InChI is InChI=1S/C52H35N3OS/c1-3-12-32(13-4-1)44-31-45(54-52(53-44)33-14-5-2-6-15-33)35-22-25-40-41-19-11-18-37(51(41)56-48(40)29-35)34-23-26-49-42(28-34)43-30-36(24-27-50(43)57-49)55-46-20-9-7-16-38(46)39-17-8-10-21-47(39)55/h1-31,44,52-54H. The van der Waals surface area contributed by atoms with Crippen LogP contribution in [0.15, 0.2) is 192 Å². The monoisotopic (exact) mass is 749 g/mol. The third-order valence-electron chi connectivity index (χ3n) is 11.7. The molecule has 2 unspecified atom stereocenters. The first-order chi connectivity index (χ1) is 28.2. The number of nitrogens with zero attached hydrogens (tertiary/aromatic N) is 1. The largest absolute Gasteiger partial charge is 0.455 e. The second kappa shape index (κ2) is 12.8. The van der Waals surface area contributed by atoms with Gasteiger partial charge in [-0.3, -0.25) is 5.32 Å². The van der Waals surface area contributed by atoms with Gasteiger partial charge in [-0.05, 0) is 77.4 Å². The van der Waals surface area contributed by atoms with Crippen LogP contribution in [-0.4, -0.2) is 4.57 Å². The van der Waals surface area contributed by atoms with Crippen LogP contribution in [-0.2, 0) is 0 Å². The number of benzene rings is 8. The van der Waals surface area contributed by atoms with Gasteiger partial charge < -0.3 is 14.3 Å². The van der Waals surface area contributed by atoms with Crippen LogP contribution in [0.5, 0.6) is 0 Å². The van der Waals surface area contributed by atoms with E-state index >= 15 is 0 Å². The summed E-state index contributed by atoms with van der Waals surface area (Å²) in [6.07, 6.45) is 2.24. The number of nitrogens with one attached hydrogen (secondary N) is 2. The Morgan fingerprint density at radius 2 is 1.14 bits per heavy atom. The number of rotatable bonds is 5. The average Bonchev–Trinajstić information content (AvgIpc) is 3.95. The number of thiophene rings is 1. The quantitative estimate of drug-likeness (QED) is 0.184. The summed E-state index contributed by atoms with van der Waals surface area (Å²) >= 11 is 1.85. The molecule has 11 aromatic rings. The summed E-state index contributed by atoms with van der Waals surface area (Å²) in [4.78, 5) is 0. The molecular formula is C52H35N3OS. The van der Waals surface area contributed by atoms with Crippen LogP contribution in [0.4, 0.5) is 0 Å². The smallest absolute Gasteiger partial charge is 0.143 e. The van der Waals surface area contributed by atoms with Crippen molar-refractivity contribution in [1.29, 1.82) is 0 Å². The molecule has 0 fully saturated rings. The Balaban J connectivity index is 0.959. The van der Waals surface area contributed by atoms with E-state index in [2.05, 4.69) is 203 Å². The van der Waals surface area contributed by atoms with Gasteiger partial charge in [-0.15, -0.1) is 11.3 Å². The number of furan rings is 1. The van der Waals surface area contributed by atoms with E-state index in [0.29, 0.717) is 0 Å². The molecule has 2 N–H and O–H groups in total. The SMILES string of the molecule is C1=C(c2ccc3c(c2)oc2c(-c4ccc5sc6ccc(-n7c8ccccc8c8ccccc87)cc6c5c4)cccc23)NC(c2ccccc2)NC1c1ccccc1. The molecule has 3 aromatic heterocycles. The molecule has 8 aromatic carbocycles. The maximum Gasteiger partial charge on any atom is 0.143 e. The van der Waals surface area contributed by atoms with Gasteiger partial charge in [-0.2, -0.15) is 0 Å². The fraction of sp³-hybridized carbons (Fsp3) is 0.0385. The first kappa shape index (κ1) is 32.3. The van der Waals surface area contributed by atoms with E-state index in [4.69, 9.17) is 4.42 Å². The molecule has 0 aliphatic carbocycles. The fourth-order valence-electron chi connectivity index (χ4n) is 8.96. The zero-order valence-corrected chi connectivity index (χ0v) is 31.6. The topological polar surface area (TPSA) is 42.1 Å². The van der Waals surface area contributed by atoms with Gasteiger partial charge in [-0.1, -0.05) is 127 Å². The molecule has 4 nitrogen and oxygen atoms in total. The minimum Gasteiger partial charge on any atom is -0.455 e. The van der Waals surface area contributed by atoms with Crippen LogP contribution >= 0.6 is 11.3 Å². The second-order valence-corrected chi connectivity index (χ2v) is 16.1. The lowest BCUT2D eigenvalue weighted by Gasteiger charge is -2.33. The van der Waals surface area contributed by atoms with E-state index in [1.807, 2.05) is 11.3 Å². The lowest BCUT2D eigenvalue weighted by Crippen LogP contribution is -2.39. The van der Waals surface area contributed by atoms with Gasteiger partial charge in [0.05, 0.1) is 17.1 Å². The van der Waals surface area contributed by atoms with E-state index in [1.54, 1.807) is 0 Å². The van der Waals surface area contributed by atoms with E-state index in [1.165, 1.54) is 58.8 Å². The van der Waals surface area contributed by atoms with Gasteiger partial charge in [0.15, 0.2) is 0 Å². The van der Waals surface area contributed by atoms with Crippen molar-refractivity contribution < 1.29 is 4.42 Å². The summed E-state index contributed by atoms with van der Waals surface area (Å²) in [5.74, 6) is 0. The van der Waals surface area contributed by atoms with Crippen LogP contribution in [0.25, 0.3) is 86.4 Å². The average molecular weight is 750 g/mol. The van der Waals surface area contributed by atoms with Gasteiger partial charge in [0.25, 0.3) is 0 Å². The van der Waals surface area contributed by atoms with Crippen molar-refractivity contribution in [2.24, 2.45) is 0 Å². The summed E-state index contributed by atoms with van der Waals surface area (Å²) in [5.41, 5.74) is 12.2. The lowest BCUT2D eigenvalue weighted by molar-refractivity contribution is 0.442. The van der Waals surface area contributed by atoms with E-state index in [0.717, 1.165) is 44.3 Å². The second-order valence-electron chi connectivity index (χ2n) is 15.0. The summed E-state index contributed by atoms with van der Waals surface area (Å²) in [6, 6.07) is 65.6. The highest BCUT2D eigenvalue weighted by atomic mass is 32.1. The Labute approximate surface area is 332 Å². The Morgan fingerprint density at radius 1 is 0.491 bits per heavy atom. The molecule has 270 valence electrons. The fourth-order valence-corrected chi connectivity index (χ4v) is 10.0. The Morgan fingerprint density at radius 3 is 1.91 bits per heavy atom. The van der Waals surface area contributed by atoms with Gasteiger partial charge in [0.2, 0.25) is 0 Å². The molecule has 0 amide bonds. The zero-order chi connectivity index (χ0) is 37.5. The molecule has 1 aliphatic heterocycles. The minimum atomic E-state index is -0.0458. The van der Waals surface area contributed by atoms with Crippen molar-refractivity contribution in [3.63, 3.8) is 0 Å². The highest BCUT2D eigenvalue weighted by Crippen LogP contribution is 2.42. The zero-order valence-electron chi connectivity index (χ0n) is 30.8. The van der Waals surface area contributed by atoms with Crippen molar-refractivity contribution in [3.8, 4) is 16.8 Å². The Hall–Kier alpha value is -6.92. The molecule has 12 rings (SSSR count). The van der Waals surface area contributed by atoms with E-state index in [9.17, 15) is 0 Å². The molecule has 1 aliphatic rings. The molecule has 2 atom stereocenters. The molecule has 57 heavy (non-hydrogen) atoms. The number of hydrogen-bond acceptors (Lipinski definition) is 4. The number of hydrogen-bond donors (Lipinski definition) is 2. The van der Waals surface area contributed by atoms with Crippen molar-refractivity contribution in [2.45, 2.75) is 12.2 Å². The molecule has 0 spiro atoms. The number of fused-ring (bicyclic) bond motifs is 9. The van der Waals surface area contributed by atoms with Crippen LogP contribution in [0.3, 0.4) is 0 Å². The maximum atomic E-state index is 6.85. The van der Waals surface area contributed by atoms with Crippen LogP contribution in [0.2, 0.25) is 0 Å². The van der Waals surface area contributed by atoms with Gasteiger partial charge in [-0.25, -0.2) is 0 Å². The summed E-state index contributed by atoms with van der Waals surface area (Å²) in [7, 11) is 0. The third-order valence-corrected chi connectivity index (χ3v) is 12.8. The normalized spacial score (nSPS) is 15.9. The van der Waals surface area contributed by atoms with Crippen molar-refractivity contribution in [2.75, 3.05) is 0 Å². The van der Waals surface area contributed by atoms with Crippen LogP contribution in [0.1, 0.15) is 28.9 Å². The first-order valence-corrected chi connectivity index (χ1v) is 20.3. The minimum absolute atomic E-state index is 0.0458. The van der Waals surface area contributed by atoms with E-state index in [-0.39, 0.29) is 12.2 Å². The Kier molecular flexibility index (Phi) is 7.27. The predicted octanol–water partition coefficient (Wildman–Crippen LogP) is 13.7. The summed E-state index contributed by atoms with van der Waals surface area (Å²) < 4.78 is 11.8. The molecule has 0 bridgehead atoms. The highest BCUT2D eigenvalue weighted by Gasteiger charge is 2.25. The van der Waals surface area contributed by atoms with Crippen molar-refractivity contribution in [3.05, 3.63) is 205 Å². The molecule has 0 saturated heterocycles. The van der Waals surface area contributed by atoms with Crippen LogP contribution in [0, 0.1) is 0 Å². The van der Waals surface area contributed by atoms with Gasteiger partial charge in [0.1, 0.15) is 17.3 Å². The van der Waals surface area contributed by atoms with Crippen LogP contribution < -0.4 is 10.6 Å². The first-order valence-electron chi connectivity index (χ1n) is 19.5. The molecule has 0 radical (unpaired) electrons. The number of para-hydroxylation sites is 3. The summed E-state index contributed by atoms with van der Waals surface area (Å²) in [6.45, 7) is 0. The number of aromatic nitrogens is 1. The van der Waals surface area contributed by atoms with Gasteiger partial charge in [0, 0.05) is 64.2 Å². The predicted molar refractivity (Wildman–Crippen MR) is 239 cm³/mol. The molecule has 4 heterocycles. The lowest BCUT2D eigenvalue weighted by atomic mass is 9.97. The maximum absolute atomic E-state index is 6.85. The van der Waals surface area contributed by atoms with Crippen molar-refractivity contribution >= 4 is 81.0 Å². The molecular weight excluding hydrogens is 715 g/mol. The van der Waals surface area contributed by atoms with E-state index < -0.39 is 0 Å². The van der Waals surface area contributed by atoms with Gasteiger partial charge >= 0.3 is 0 Å². The highest BCUT2D eigenvalue weighted by molar-refractivity contribution is 7.25. The molecule has 0 saturated carbocycles.